The molecule has 0 bridgehead atoms. The van der Waals surface area contributed by atoms with E-state index in [0.29, 0.717) is 18.9 Å². The van der Waals surface area contributed by atoms with Gasteiger partial charge in [0.25, 0.3) is 0 Å². The highest BCUT2D eigenvalue weighted by molar-refractivity contribution is 6.01. The topological polar surface area (TPSA) is 61.4 Å². The first-order chi connectivity index (χ1) is 10.2. The average Bonchev–Trinajstić information content (AvgIpc) is 2.52. The van der Waals surface area contributed by atoms with Crippen LogP contribution in [0.25, 0.3) is 10.8 Å². The standard InChI is InChI=1S/C17H22N2O2/c1-2-13(10-11-20)12-18-17(21)19-16-9-5-7-14-6-3-4-8-15(14)16/h3-9,13,20H,2,10-12H2,1H3,(H2,18,19,21). The second-order valence-corrected chi connectivity index (χ2v) is 5.15. The van der Waals surface area contributed by atoms with Crippen molar-refractivity contribution in [1.82, 2.24) is 5.32 Å². The van der Waals surface area contributed by atoms with E-state index < -0.39 is 0 Å². The molecule has 112 valence electrons. The van der Waals surface area contributed by atoms with Crippen LogP contribution in [-0.2, 0) is 0 Å². The molecule has 0 aromatic heterocycles. The largest absolute Gasteiger partial charge is 0.396 e. The van der Waals surface area contributed by atoms with Crippen LogP contribution >= 0.6 is 0 Å². The minimum absolute atomic E-state index is 0.158. The Hall–Kier alpha value is -2.07. The van der Waals surface area contributed by atoms with Crippen LogP contribution in [0.3, 0.4) is 0 Å². The number of carbonyl (C=O) groups is 1. The molecule has 0 aliphatic heterocycles. The molecule has 2 rings (SSSR count). The van der Waals surface area contributed by atoms with Crippen LogP contribution in [-0.4, -0.2) is 24.3 Å². The molecule has 0 aliphatic carbocycles. The molecular formula is C17H22N2O2. The maximum atomic E-state index is 12.0. The van der Waals surface area contributed by atoms with Gasteiger partial charge in [0.05, 0.1) is 5.69 Å². The fraction of sp³-hybridized carbons (Fsp3) is 0.353. The Labute approximate surface area is 125 Å². The van der Waals surface area contributed by atoms with Crippen molar-refractivity contribution in [3.8, 4) is 0 Å². The summed E-state index contributed by atoms with van der Waals surface area (Å²) in [6.45, 7) is 2.80. The van der Waals surface area contributed by atoms with Crippen molar-refractivity contribution in [2.24, 2.45) is 5.92 Å². The van der Waals surface area contributed by atoms with Gasteiger partial charge >= 0.3 is 6.03 Å². The Morgan fingerprint density at radius 1 is 1.19 bits per heavy atom. The van der Waals surface area contributed by atoms with E-state index in [2.05, 4.69) is 17.6 Å². The number of aliphatic hydroxyl groups is 1. The van der Waals surface area contributed by atoms with Gasteiger partial charge in [-0.3, -0.25) is 0 Å². The molecule has 1 atom stereocenters. The van der Waals surface area contributed by atoms with Crippen LogP contribution in [0.4, 0.5) is 10.5 Å². The van der Waals surface area contributed by atoms with Gasteiger partial charge in [0.15, 0.2) is 0 Å². The number of aliphatic hydroxyl groups excluding tert-OH is 1. The van der Waals surface area contributed by atoms with Crippen LogP contribution in [0, 0.1) is 5.92 Å². The van der Waals surface area contributed by atoms with Gasteiger partial charge in [0.1, 0.15) is 0 Å². The van der Waals surface area contributed by atoms with Crippen molar-refractivity contribution in [1.29, 1.82) is 0 Å². The first kappa shape index (κ1) is 15.3. The number of urea groups is 1. The highest BCUT2D eigenvalue weighted by Gasteiger charge is 2.09. The molecule has 4 heteroatoms. The minimum Gasteiger partial charge on any atom is -0.396 e. The smallest absolute Gasteiger partial charge is 0.319 e. The number of rotatable bonds is 6. The van der Waals surface area contributed by atoms with Crippen molar-refractivity contribution in [2.45, 2.75) is 19.8 Å². The van der Waals surface area contributed by atoms with E-state index in [1.54, 1.807) is 0 Å². The third kappa shape index (κ3) is 4.20. The summed E-state index contributed by atoms with van der Waals surface area (Å²) in [5.41, 5.74) is 0.806. The maximum Gasteiger partial charge on any atom is 0.319 e. The Kier molecular flexibility index (Phi) is 5.58. The molecule has 0 aliphatic rings. The first-order valence-electron chi connectivity index (χ1n) is 7.38. The van der Waals surface area contributed by atoms with Crippen molar-refractivity contribution < 1.29 is 9.90 Å². The normalized spacial score (nSPS) is 12.1. The summed E-state index contributed by atoms with van der Waals surface area (Å²) in [4.78, 5) is 12.0. The quantitative estimate of drug-likeness (QED) is 0.762. The highest BCUT2D eigenvalue weighted by atomic mass is 16.3. The van der Waals surface area contributed by atoms with Gasteiger partial charge in [-0.15, -0.1) is 0 Å². The molecule has 0 saturated carbocycles. The van der Waals surface area contributed by atoms with Gasteiger partial charge < -0.3 is 15.7 Å². The van der Waals surface area contributed by atoms with Crippen LogP contribution < -0.4 is 10.6 Å². The summed E-state index contributed by atoms with van der Waals surface area (Å²) >= 11 is 0. The summed E-state index contributed by atoms with van der Waals surface area (Å²) in [5, 5.41) is 16.8. The van der Waals surface area contributed by atoms with Crippen molar-refractivity contribution >= 4 is 22.5 Å². The van der Waals surface area contributed by atoms with E-state index in [-0.39, 0.29) is 12.6 Å². The van der Waals surface area contributed by atoms with Crippen molar-refractivity contribution in [3.63, 3.8) is 0 Å². The number of amides is 2. The summed E-state index contributed by atoms with van der Waals surface area (Å²) in [7, 11) is 0. The lowest BCUT2D eigenvalue weighted by Gasteiger charge is -2.15. The molecular weight excluding hydrogens is 264 g/mol. The molecule has 2 amide bonds. The molecule has 0 saturated heterocycles. The summed E-state index contributed by atoms with van der Waals surface area (Å²) in [6, 6.07) is 13.6. The number of hydrogen-bond donors (Lipinski definition) is 3. The molecule has 1 unspecified atom stereocenters. The van der Waals surface area contributed by atoms with Gasteiger partial charge in [0.2, 0.25) is 0 Å². The lowest BCUT2D eigenvalue weighted by atomic mass is 10.0. The van der Waals surface area contributed by atoms with E-state index in [9.17, 15) is 4.79 Å². The highest BCUT2D eigenvalue weighted by Crippen LogP contribution is 2.22. The van der Waals surface area contributed by atoms with Crippen molar-refractivity contribution in [2.75, 3.05) is 18.5 Å². The third-order valence-corrected chi connectivity index (χ3v) is 3.70. The van der Waals surface area contributed by atoms with Gasteiger partial charge in [-0.2, -0.15) is 0 Å². The van der Waals surface area contributed by atoms with Crippen LogP contribution in [0.5, 0.6) is 0 Å². The average molecular weight is 286 g/mol. The summed E-state index contributed by atoms with van der Waals surface area (Å²) in [5.74, 6) is 0.313. The lowest BCUT2D eigenvalue weighted by molar-refractivity contribution is 0.238. The Morgan fingerprint density at radius 2 is 1.95 bits per heavy atom. The summed E-state index contributed by atoms with van der Waals surface area (Å²) < 4.78 is 0. The Bertz CT molecular complexity index is 593. The number of carbonyl (C=O) groups excluding carboxylic acids is 1. The van der Waals surface area contributed by atoms with Gasteiger partial charge in [-0.1, -0.05) is 49.7 Å². The second kappa shape index (κ2) is 7.64. The molecule has 2 aromatic carbocycles. The van der Waals surface area contributed by atoms with Crippen LogP contribution in [0.15, 0.2) is 42.5 Å². The third-order valence-electron chi connectivity index (χ3n) is 3.70. The van der Waals surface area contributed by atoms with E-state index in [4.69, 9.17) is 5.11 Å². The molecule has 2 aromatic rings. The van der Waals surface area contributed by atoms with E-state index in [1.165, 1.54) is 0 Å². The van der Waals surface area contributed by atoms with E-state index in [0.717, 1.165) is 22.9 Å². The Morgan fingerprint density at radius 3 is 2.71 bits per heavy atom. The number of nitrogens with one attached hydrogen (secondary N) is 2. The fourth-order valence-electron chi connectivity index (χ4n) is 2.37. The molecule has 21 heavy (non-hydrogen) atoms. The van der Waals surface area contributed by atoms with Crippen molar-refractivity contribution in [3.05, 3.63) is 42.5 Å². The monoisotopic (exact) mass is 286 g/mol. The molecule has 0 radical (unpaired) electrons. The van der Waals surface area contributed by atoms with Crippen LogP contribution in [0.2, 0.25) is 0 Å². The van der Waals surface area contributed by atoms with Gasteiger partial charge in [0, 0.05) is 18.5 Å². The molecule has 0 spiro atoms. The molecule has 4 nitrogen and oxygen atoms in total. The second-order valence-electron chi connectivity index (χ2n) is 5.15. The minimum atomic E-state index is -0.206. The zero-order valence-corrected chi connectivity index (χ0v) is 12.3. The lowest BCUT2D eigenvalue weighted by Crippen LogP contribution is -2.33. The van der Waals surface area contributed by atoms with Crippen LogP contribution in [0.1, 0.15) is 19.8 Å². The number of anilines is 1. The fourth-order valence-corrected chi connectivity index (χ4v) is 2.37. The summed E-state index contributed by atoms with van der Waals surface area (Å²) in [6.07, 6.45) is 1.65. The van der Waals surface area contributed by atoms with E-state index in [1.807, 2.05) is 42.5 Å². The number of hydrogen-bond acceptors (Lipinski definition) is 2. The number of fused-ring (bicyclic) bond motifs is 1. The number of benzene rings is 2. The maximum absolute atomic E-state index is 12.0. The van der Waals surface area contributed by atoms with Gasteiger partial charge in [-0.05, 0) is 23.8 Å². The molecule has 0 heterocycles. The Balaban J connectivity index is 1.98. The zero-order valence-electron chi connectivity index (χ0n) is 12.3. The first-order valence-corrected chi connectivity index (χ1v) is 7.38. The zero-order chi connectivity index (χ0) is 15.1. The predicted octanol–water partition coefficient (Wildman–Crippen LogP) is 3.37. The molecule has 0 fully saturated rings. The predicted molar refractivity (Wildman–Crippen MR) is 86.5 cm³/mol. The van der Waals surface area contributed by atoms with E-state index >= 15 is 0 Å². The van der Waals surface area contributed by atoms with Gasteiger partial charge in [-0.25, -0.2) is 4.79 Å². The molecule has 3 N–H and O–H groups in total. The SMILES string of the molecule is CCC(CCO)CNC(=O)Nc1cccc2ccccc12.